The van der Waals surface area contributed by atoms with Crippen molar-refractivity contribution in [1.29, 1.82) is 0 Å². The highest BCUT2D eigenvalue weighted by molar-refractivity contribution is 7.17. The molecule has 1 aromatic heterocycles. The number of fused-ring (bicyclic) bond motifs is 1. The van der Waals surface area contributed by atoms with Crippen LogP contribution in [0.4, 0.5) is 0 Å². The van der Waals surface area contributed by atoms with E-state index in [-0.39, 0.29) is 0 Å². The normalized spacial score (nSPS) is 11.5. The number of thiophene rings is 1. The Morgan fingerprint density at radius 2 is 2.31 bits per heavy atom. The van der Waals surface area contributed by atoms with Crippen molar-refractivity contribution in [2.24, 2.45) is 5.16 Å². The van der Waals surface area contributed by atoms with E-state index in [0.29, 0.717) is 5.02 Å². The summed E-state index contributed by atoms with van der Waals surface area (Å²) >= 11 is 7.45. The van der Waals surface area contributed by atoms with Gasteiger partial charge in [-0.3, -0.25) is 0 Å². The summed E-state index contributed by atoms with van der Waals surface area (Å²) in [5.74, 6) is 0. The summed E-state index contributed by atoms with van der Waals surface area (Å²) in [5, 5.41) is 15.1. The van der Waals surface area contributed by atoms with E-state index in [0.717, 1.165) is 15.6 Å². The Bertz CT molecular complexity index is 464. The topological polar surface area (TPSA) is 32.6 Å². The summed E-state index contributed by atoms with van der Waals surface area (Å²) in [6.45, 7) is 0. The predicted molar refractivity (Wildman–Crippen MR) is 56.2 cm³/mol. The van der Waals surface area contributed by atoms with E-state index in [1.165, 1.54) is 6.21 Å². The van der Waals surface area contributed by atoms with E-state index >= 15 is 0 Å². The lowest BCUT2D eigenvalue weighted by molar-refractivity contribution is 0.322. The minimum absolute atomic E-state index is 0.693. The molecule has 0 amide bonds. The fraction of sp³-hybridized carbons (Fsp3) is 0. The first-order valence-electron chi connectivity index (χ1n) is 3.65. The third-order valence-electron chi connectivity index (χ3n) is 1.76. The van der Waals surface area contributed by atoms with Gasteiger partial charge >= 0.3 is 0 Å². The van der Waals surface area contributed by atoms with Crippen LogP contribution >= 0.6 is 22.9 Å². The first-order valence-corrected chi connectivity index (χ1v) is 4.91. The van der Waals surface area contributed by atoms with E-state index in [2.05, 4.69) is 5.16 Å². The van der Waals surface area contributed by atoms with Crippen LogP contribution in [0.2, 0.25) is 5.02 Å². The Labute approximate surface area is 84.1 Å². The number of hydrogen-bond acceptors (Lipinski definition) is 3. The van der Waals surface area contributed by atoms with Crippen molar-refractivity contribution in [3.8, 4) is 0 Å². The second kappa shape index (κ2) is 3.36. The number of oxime groups is 1. The molecule has 0 spiro atoms. The third kappa shape index (κ3) is 1.53. The van der Waals surface area contributed by atoms with Crippen molar-refractivity contribution in [2.45, 2.75) is 0 Å². The van der Waals surface area contributed by atoms with Crippen LogP contribution in [0.5, 0.6) is 0 Å². The van der Waals surface area contributed by atoms with E-state index in [9.17, 15) is 0 Å². The fourth-order valence-electron chi connectivity index (χ4n) is 1.18. The zero-order chi connectivity index (χ0) is 9.26. The molecule has 0 saturated heterocycles. The van der Waals surface area contributed by atoms with Crippen LogP contribution in [0, 0.1) is 0 Å². The molecular weight excluding hydrogens is 206 g/mol. The number of nitrogens with zero attached hydrogens (tertiary/aromatic N) is 1. The van der Waals surface area contributed by atoms with Gasteiger partial charge in [-0.25, -0.2) is 0 Å². The van der Waals surface area contributed by atoms with Crippen molar-refractivity contribution < 1.29 is 5.21 Å². The van der Waals surface area contributed by atoms with Crippen LogP contribution in [0.1, 0.15) is 5.56 Å². The summed E-state index contributed by atoms with van der Waals surface area (Å²) in [5.41, 5.74) is 0.894. The molecule has 13 heavy (non-hydrogen) atoms. The lowest BCUT2D eigenvalue weighted by Crippen LogP contribution is -1.76. The molecule has 2 aromatic rings. The number of hydrogen-bond donors (Lipinski definition) is 1. The maximum Gasteiger partial charge on any atom is 0.0748 e. The minimum Gasteiger partial charge on any atom is -0.411 e. The molecule has 66 valence electrons. The second-order valence-electron chi connectivity index (χ2n) is 2.58. The smallest absolute Gasteiger partial charge is 0.0748 e. The van der Waals surface area contributed by atoms with Crippen LogP contribution in [-0.2, 0) is 0 Å². The van der Waals surface area contributed by atoms with Crippen molar-refractivity contribution in [2.75, 3.05) is 0 Å². The minimum atomic E-state index is 0.693. The molecule has 1 aromatic carbocycles. The monoisotopic (exact) mass is 211 g/mol. The molecule has 0 bridgehead atoms. The fourth-order valence-corrected chi connectivity index (χ4v) is 2.25. The van der Waals surface area contributed by atoms with Gasteiger partial charge < -0.3 is 5.21 Å². The van der Waals surface area contributed by atoms with Gasteiger partial charge in [-0.1, -0.05) is 16.8 Å². The van der Waals surface area contributed by atoms with E-state index in [1.807, 2.05) is 23.6 Å². The zero-order valence-electron chi connectivity index (χ0n) is 6.57. The molecule has 2 rings (SSSR count). The Morgan fingerprint density at radius 1 is 1.46 bits per heavy atom. The Hall–Kier alpha value is -1.06. The van der Waals surface area contributed by atoms with Gasteiger partial charge in [-0.15, -0.1) is 11.3 Å². The Balaban J connectivity index is 2.71. The van der Waals surface area contributed by atoms with Crippen molar-refractivity contribution in [3.63, 3.8) is 0 Å². The summed E-state index contributed by atoms with van der Waals surface area (Å²) in [6.07, 6.45) is 1.41. The molecule has 0 aliphatic carbocycles. The highest BCUT2D eigenvalue weighted by atomic mass is 35.5. The van der Waals surface area contributed by atoms with Crippen molar-refractivity contribution >= 4 is 39.2 Å². The second-order valence-corrected chi connectivity index (χ2v) is 3.92. The summed E-state index contributed by atoms with van der Waals surface area (Å²) in [4.78, 5) is 0. The maximum absolute atomic E-state index is 8.41. The molecule has 1 heterocycles. The molecule has 2 nitrogen and oxygen atoms in total. The molecule has 0 radical (unpaired) electrons. The maximum atomic E-state index is 8.41. The summed E-state index contributed by atoms with van der Waals surface area (Å²) in [6, 6.07) is 5.67. The zero-order valence-corrected chi connectivity index (χ0v) is 8.14. The molecular formula is C9H6ClNOS. The Kier molecular flexibility index (Phi) is 2.20. The van der Waals surface area contributed by atoms with E-state index in [4.69, 9.17) is 16.8 Å². The van der Waals surface area contributed by atoms with Crippen LogP contribution < -0.4 is 0 Å². The number of halogens is 1. The molecule has 0 fully saturated rings. The molecule has 0 aliphatic heterocycles. The molecule has 4 heteroatoms. The number of rotatable bonds is 1. The third-order valence-corrected chi connectivity index (χ3v) is 2.98. The molecule has 0 atom stereocenters. The summed E-state index contributed by atoms with van der Waals surface area (Å²) in [7, 11) is 0. The van der Waals surface area contributed by atoms with Crippen molar-refractivity contribution in [3.05, 3.63) is 34.2 Å². The standard InChI is InChI=1S/C9H6ClNOS/c10-7-1-2-9-8(3-7)6(4-11-12)5-13-9/h1-5,12H. The predicted octanol–water partition coefficient (Wildman–Crippen LogP) is 3.36. The van der Waals surface area contributed by atoms with E-state index in [1.54, 1.807) is 11.3 Å². The Morgan fingerprint density at radius 3 is 3.08 bits per heavy atom. The van der Waals surface area contributed by atoms with Gasteiger partial charge in [0.25, 0.3) is 0 Å². The number of benzene rings is 1. The van der Waals surface area contributed by atoms with E-state index < -0.39 is 0 Å². The largest absolute Gasteiger partial charge is 0.411 e. The first kappa shape index (κ1) is 8.53. The quantitative estimate of drug-likeness (QED) is 0.438. The van der Waals surface area contributed by atoms with Crippen LogP contribution in [0.25, 0.3) is 10.1 Å². The van der Waals surface area contributed by atoms with Crippen LogP contribution in [0.15, 0.2) is 28.7 Å². The van der Waals surface area contributed by atoms with Gasteiger partial charge in [0.15, 0.2) is 0 Å². The van der Waals surface area contributed by atoms with Gasteiger partial charge in [-0.2, -0.15) is 0 Å². The average molecular weight is 212 g/mol. The van der Waals surface area contributed by atoms with Gasteiger partial charge in [-0.05, 0) is 18.2 Å². The molecule has 1 N–H and O–H groups in total. The van der Waals surface area contributed by atoms with Gasteiger partial charge in [0.1, 0.15) is 0 Å². The van der Waals surface area contributed by atoms with Gasteiger partial charge in [0.2, 0.25) is 0 Å². The van der Waals surface area contributed by atoms with Gasteiger partial charge in [0.05, 0.1) is 6.21 Å². The highest BCUT2D eigenvalue weighted by Gasteiger charge is 2.01. The lowest BCUT2D eigenvalue weighted by atomic mass is 10.2. The van der Waals surface area contributed by atoms with Crippen molar-refractivity contribution in [1.82, 2.24) is 0 Å². The first-order chi connectivity index (χ1) is 6.31. The van der Waals surface area contributed by atoms with Crippen LogP contribution in [-0.4, -0.2) is 11.4 Å². The van der Waals surface area contributed by atoms with Crippen LogP contribution in [0.3, 0.4) is 0 Å². The lowest BCUT2D eigenvalue weighted by Gasteiger charge is -1.91. The molecule has 0 unspecified atom stereocenters. The molecule has 0 aliphatic rings. The van der Waals surface area contributed by atoms with Gasteiger partial charge in [0, 0.05) is 26.1 Å². The SMILES string of the molecule is ON=Cc1csc2ccc(Cl)cc12. The average Bonchev–Trinajstić information content (AvgIpc) is 2.49. The highest BCUT2D eigenvalue weighted by Crippen LogP contribution is 2.27. The summed E-state index contributed by atoms with van der Waals surface area (Å²) < 4.78 is 1.14. The molecule has 0 saturated carbocycles.